The molecule has 0 aromatic heterocycles. The summed E-state index contributed by atoms with van der Waals surface area (Å²) in [4.78, 5) is 26.7. The number of hydrogen-bond donors (Lipinski definition) is 3. The zero-order valence-electron chi connectivity index (χ0n) is 15.6. The lowest BCUT2D eigenvalue weighted by Crippen LogP contribution is -2.50. The molecule has 2 rings (SSSR count). The van der Waals surface area contributed by atoms with E-state index < -0.39 is 24.9 Å². The van der Waals surface area contributed by atoms with Gasteiger partial charge >= 0.3 is 13.2 Å². The van der Waals surface area contributed by atoms with E-state index in [9.17, 15) is 19.6 Å². The molecule has 1 aromatic rings. The summed E-state index contributed by atoms with van der Waals surface area (Å²) >= 11 is 0. The predicted octanol–water partition coefficient (Wildman–Crippen LogP) is 0.425. The van der Waals surface area contributed by atoms with Crippen LogP contribution in [-0.4, -0.2) is 58.8 Å². The third kappa shape index (κ3) is 6.03. The van der Waals surface area contributed by atoms with Gasteiger partial charge in [0.1, 0.15) is 11.6 Å². The van der Waals surface area contributed by atoms with Gasteiger partial charge in [-0.25, -0.2) is 4.79 Å². The van der Waals surface area contributed by atoms with Crippen molar-refractivity contribution in [2.24, 2.45) is 0 Å². The van der Waals surface area contributed by atoms with Crippen LogP contribution in [0, 0.1) is 0 Å². The third-order valence-corrected chi connectivity index (χ3v) is 4.12. The van der Waals surface area contributed by atoms with E-state index in [0.29, 0.717) is 25.0 Å². The van der Waals surface area contributed by atoms with E-state index in [0.717, 1.165) is 18.4 Å². The van der Waals surface area contributed by atoms with E-state index in [1.807, 2.05) is 0 Å². The Morgan fingerprint density at radius 3 is 2.27 bits per heavy atom. The van der Waals surface area contributed by atoms with E-state index in [1.165, 1.54) is 0 Å². The molecule has 8 heteroatoms. The molecule has 2 amide bonds. The zero-order valence-corrected chi connectivity index (χ0v) is 15.6. The number of carbonyl (C=O) groups excluding carboxylic acids is 2. The van der Waals surface area contributed by atoms with Gasteiger partial charge in [0, 0.05) is 19.5 Å². The number of nitrogens with zero attached hydrogens (tertiary/aromatic N) is 1. The lowest BCUT2D eigenvalue weighted by Gasteiger charge is -2.26. The van der Waals surface area contributed by atoms with Crippen LogP contribution in [0.25, 0.3) is 0 Å². The molecule has 1 unspecified atom stereocenters. The number of amides is 2. The van der Waals surface area contributed by atoms with Crippen molar-refractivity contribution in [3.05, 3.63) is 29.8 Å². The zero-order chi connectivity index (χ0) is 19.3. The van der Waals surface area contributed by atoms with Crippen LogP contribution < -0.4 is 10.8 Å². The summed E-state index contributed by atoms with van der Waals surface area (Å²) in [6, 6.07) is 5.88. The highest BCUT2D eigenvalue weighted by Crippen LogP contribution is 2.13. The molecule has 142 valence electrons. The van der Waals surface area contributed by atoms with Gasteiger partial charge in [0.25, 0.3) is 0 Å². The minimum atomic E-state index is -1.54. The highest BCUT2D eigenvalue weighted by atomic mass is 16.6. The van der Waals surface area contributed by atoms with Crippen molar-refractivity contribution in [1.29, 1.82) is 0 Å². The van der Waals surface area contributed by atoms with Gasteiger partial charge in [-0.2, -0.15) is 0 Å². The van der Waals surface area contributed by atoms with Gasteiger partial charge in [0.2, 0.25) is 5.91 Å². The van der Waals surface area contributed by atoms with E-state index in [2.05, 4.69) is 5.32 Å². The van der Waals surface area contributed by atoms with Crippen LogP contribution in [0.3, 0.4) is 0 Å². The highest BCUT2D eigenvalue weighted by Gasteiger charge is 2.29. The number of benzene rings is 1. The second-order valence-corrected chi connectivity index (χ2v) is 7.55. The number of hydrogen-bond acceptors (Lipinski definition) is 5. The second kappa shape index (κ2) is 8.55. The molecule has 0 aliphatic carbocycles. The molecule has 7 nitrogen and oxygen atoms in total. The first-order valence-electron chi connectivity index (χ1n) is 8.89. The third-order valence-electron chi connectivity index (χ3n) is 4.12. The molecule has 26 heavy (non-hydrogen) atoms. The van der Waals surface area contributed by atoms with Crippen molar-refractivity contribution in [3.63, 3.8) is 0 Å². The molecule has 0 bridgehead atoms. The average Bonchev–Trinajstić information content (AvgIpc) is 3.06. The molecule has 0 radical (unpaired) electrons. The molecular formula is C18H27BN2O5. The second-order valence-electron chi connectivity index (χ2n) is 7.55. The van der Waals surface area contributed by atoms with Crippen LogP contribution in [0.4, 0.5) is 4.79 Å². The smallest absolute Gasteiger partial charge is 0.444 e. The van der Waals surface area contributed by atoms with E-state index in [1.54, 1.807) is 49.9 Å². The maximum absolute atomic E-state index is 12.8. The Morgan fingerprint density at radius 2 is 1.77 bits per heavy atom. The first kappa shape index (κ1) is 20.3. The summed E-state index contributed by atoms with van der Waals surface area (Å²) in [7, 11) is -1.54. The predicted molar refractivity (Wildman–Crippen MR) is 98.9 cm³/mol. The summed E-state index contributed by atoms with van der Waals surface area (Å²) in [5.74, 6) is -0.125. The topological polar surface area (TPSA) is 99.1 Å². The van der Waals surface area contributed by atoms with Crippen LogP contribution in [-0.2, 0) is 16.0 Å². The lowest BCUT2D eigenvalue weighted by molar-refractivity contribution is -0.132. The van der Waals surface area contributed by atoms with Crippen molar-refractivity contribution >= 4 is 24.6 Å². The number of carbonyl (C=O) groups is 2. The van der Waals surface area contributed by atoms with Crippen molar-refractivity contribution < 1.29 is 24.4 Å². The maximum Gasteiger partial charge on any atom is 0.488 e. The van der Waals surface area contributed by atoms with Crippen LogP contribution >= 0.6 is 0 Å². The van der Waals surface area contributed by atoms with E-state index in [4.69, 9.17) is 4.74 Å². The highest BCUT2D eigenvalue weighted by molar-refractivity contribution is 6.58. The van der Waals surface area contributed by atoms with Crippen molar-refractivity contribution in [3.8, 4) is 0 Å². The lowest BCUT2D eigenvalue weighted by atomic mass is 9.80. The minimum absolute atomic E-state index is 0.125. The van der Waals surface area contributed by atoms with Crippen LogP contribution in [0.1, 0.15) is 39.2 Å². The average molecular weight is 362 g/mol. The Bertz CT molecular complexity index is 621. The summed E-state index contributed by atoms with van der Waals surface area (Å²) in [5, 5.41) is 21.0. The molecule has 1 aromatic carbocycles. The molecule has 0 saturated carbocycles. The Labute approximate surface area is 154 Å². The normalized spacial score (nSPS) is 15.5. The SMILES string of the molecule is CC(C)(C)OC(=O)NC(Cc1ccc(B(O)O)cc1)C(=O)N1CCCC1. The molecule has 1 fully saturated rings. The van der Waals surface area contributed by atoms with Gasteiger partial charge in [-0.05, 0) is 44.6 Å². The van der Waals surface area contributed by atoms with Gasteiger partial charge in [0.15, 0.2) is 0 Å². The fourth-order valence-corrected chi connectivity index (χ4v) is 2.87. The Morgan fingerprint density at radius 1 is 1.19 bits per heavy atom. The molecule has 3 N–H and O–H groups in total. The molecule has 0 spiro atoms. The molecule has 1 heterocycles. The molecule has 1 saturated heterocycles. The van der Waals surface area contributed by atoms with Gasteiger partial charge in [-0.1, -0.05) is 24.3 Å². The summed E-state index contributed by atoms with van der Waals surface area (Å²) in [6.07, 6.45) is 1.61. The van der Waals surface area contributed by atoms with Crippen molar-refractivity contribution in [1.82, 2.24) is 10.2 Å². The monoisotopic (exact) mass is 362 g/mol. The fourth-order valence-electron chi connectivity index (χ4n) is 2.87. The first-order valence-corrected chi connectivity index (χ1v) is 8.89. The molecule has 1 aliphatic rings. The Balaban J connectivity index is 2.11. The number of rotatable bonds is 5. The number of nitrogens with one attached hydrogen (secondary N) is 1. The maximum atomic E-state index is 12.8. The van der Waals surface area contributed by atoms with E-state index >= 15 is 0 Å². The van der Waals surface area contributed by atoms with Gasteiger partial charge in [-0.3, -0.25) is 4.79 Å². The number of likely N-dealkylation sites (tertiary alicyclic amines) is 1. The standard InChI is InChI=1S/C18H27BN2O5/c1-18(2,3)26-17(23)20-15(16(22)21-10-4-5-11-21)12-13-6-8-14(9-7-13)19(24)25/h6-9,15,24-25H,4-5,10-12H2,1-3H3,(H,20,23). The summed E-state index contributed by atoms with van der Waals surface area (Å²) in [5.41, 5.74) is 0.531. The Hall–Kier alpha value is -2.06. The minimum Gasteiger partial charge on any atom is -0.444 e. The number of ether oxygens (including phenoxy) is 1. The van der Waals surface area contributed by atoms with Crippen LogP contribution in [0.2, 0.25) is 0 Å². The first-order chi connectivity index (χ1) is 12.2. The van der Waals surface area contributed by atoms with Gasteiger partial charge in [-0.15, -0.1) is 0 Å². The van der Waals surface area contributed by atoms with Crippen LogP contribution in [0.5, 0.6) is 0 Å². The summed E-state index contributed by atoms with van der Waals surface area (Å²) < 4.78 is 5.28. The number of alkyl carbamates (subject to hydrolysis) is 1. The van der Waals surface area contributed by atoms with Crippen molar-refractivity contribution in [2.75, 3.05) is 13.1 Å². The van der Waals surface area contributed by atoms with E-state index in [-0.39, 0.29) is 5.91 Å². The Kier molecular flexibility index (Phi) is 6.66. The molecular weight excluding hydrogens is 335 g/mol. The molecule has 1 atom stereocenters. The van der Waals surface area contributed by atoms with Crippen LogP contribution in [0.15, 0.2) is 24.3 Å². The fraction of sp³-hybridized carbons (Fsp3) is 0.556. The quantitative estimate of drug-likeness (QED) is 0.660. The van der Waals surface area contributed by atoms with Gasteiger partial charge < -0.3 is 25.0 Å². The molecule has 1 aliphatic heterocycles. The summed E-state index contributed by atoms with van der Waals surface area (Å²) in [6.45, 7) is 6.69. The largest absolute Gasteiger partial charge is 0.488 e. The van der Waals surface area contributed by atoms with Gasteiger partial charge in [0.05, 0.1) is 0 Å². The van der Waals surface area contributed by atoms with Crippen molar-refractivity contribution in [2.45, 2.75) is 51.7 Å².